The zero-order chi connectivity index (χ0) is 16.3. The summed E-state index contributed by atoms with van der Waals surface area (Å²) in [6, 6.07) is 8.77. The van der Waals surface area contributed by atoms with Crippen LogP contribution in [-0.2, 0) is 9.59 Å². The predicted octanol–water partition coefficient (Wildman–Crippen LogP) is 2.33. The average Bonchev–Trinajstić information content (AvgIpc) is 3.01. The van der Waals surface area contributed by atoms with Crippen LogP contribution in [0.25, 0.3) is 0 Å². The number of para-hydroxylation sites is 1. The van der Waals surface area contributed by atoms with Gasteiger partial charge >= 0.3 is 0 Å². The lowest BCUT2D eigenvalue weighted by Gasteiger charge is -2.37. The van der Waals surface area contributed by atoms with E-state index in [9.17, 15) is 9.59 Å². The number of halogens is 1. The van der Waals surface area contributed by atoms with Crippen LogP contribution in [0, 0.1) is 11.3 Å². The number of carbonyl (C=O) groups excluding carboxylic acids is 2. The van der Waals surface area contributed by atoms with Gasteiger partial charge in [-0.05, 0) is 44.4 Å². The van der Waals surface area contributed by atoms with Gasteiger partial charge in [0.25, 0.3) is 0 Å². The molecule has 3 rings (SSSR count). The molecule has 1 unspecified atom stereocenters. The maximum Gasteiger partial charge on any atom is 0.246 e. The monoisotopic (exact) mass is 351 g/mol. The Morgan fingerprint density at radius 1 is 1.25 bits per heavy atom. The molecular weight excluding hydrogens is 326 g/mol. The van der Waals surface area contributed by atoms with E-state index in [1.54, 1.807) is 6.92 Å². The number of anilines is 1. The molecule has 0 radical (unpaired) electrons. The van der Waals surface area contributed by atoms with Crippen LogP contribution >= 0.6 is 12.4 Å². The second-order valence-electron chi connectivity index (χ2n) is 6.78. The molecule has 1 aliphatic carbocycles. The number of nitrogens with one attached hydrogen (secondary N) is 3. The van der Waals surface area contributed by atoms with Crippen LogP contribution in [0.3, 0.4) is 0 Å². The Morgan fingerprint density at radius 3 is 2.75 bits per heavy atom. The highest BCUT2D eigenvalue weighted by molar-refractivity contribution is 5.97. The van der Waals surface area contributed by atoms with E-state index in [0.717, 1.165) is 38.0 Å². The summed E-state index contributed by atoms with van der Waals surface area (Å²) in [7, 11) is 0. The van der Waals surface area contributed by atoms with Crippen molar-refractivity contribution >= 4 is 29.9 Å². The first-order valence-electron chi connectivity index (χ1n) is 8.49. The van der Waals surface area contributed by atoms with E-state index >= 15 is 0 Å². The van der Waals surface area contributed by atoms with Crippen molar-refractivity contribution < 1.29 is 9.59 Å². The SMILES string of the molecule is CC(NC(=O)[C@@]12CCCC[C@H]1CNC2)C(=O)Nc1ccccc1.Cl. The molecule has 6 heteroatoms. The van der Waals surface area contributed by atoms with Crippen LogP contribution in [0.15, 0.2) is 30.3 Å². The molecule has 0 spiro atoms. The smallest absolute Gasteiger partial charge is 0.246 e. The largest absolute Gasteiger partial charge is 0.344 e. The van der Waals surface area contributed by atoms with Gasteiger partial charge in [-0.2, -0.15) is 0 Å². The molecular formula is C18H26ClN3O2. The van der Waals surface area contributed by atoms with Crippen LogP contribution in [0.4, 0.5) is 5.69 Å². The Kier molecular flexibility index (Phi) is 6.24. The Balaban J connectivity index is 0.00000208. The molecule has 24 heavy (non-hydrogen) atoms. The fraction of sp³-hybridized carbons (Fsp3) is 0.556. The highest BCUT2D eigenvalue weighted by atomic mass is 35.5. The highest BCUT2D eigenvalue weighted by Crippen LogP contribution is 2.43. The van der Waals surface area contributed by atoms with Crippen LogP contribution in [0.2, 0.25) is 0 Å². The molecule has 1 aromatic carbocycles. The number of carbonyl (C=O) groups is 2. The molecule has 1 saturated carbocycles. The fourth-order valence-corrected chi connectivity index (χ4v) is 3.87. The third-order valence-electron chi connectivity index (χ3n) is 5.27. The summed E-state index contributed by atoms with van der Waals surface area (Å²) in [5, 5.41) is 9.15. The minimum Gasteiger partial charge on any atom is -0.344 e. The topological polar surface area (TPSA) is 70.2 Å². The van der Waals surface area contributed by atoms with Crippen molar-refractivity contribution in [1.29, 1.82) is 0 Å². The molecule has 1 aliphatic heterocycles. The normalized spacial score (nSPS) is 26.6. The molecule has 2 amide bonds. The zero-order valence-electron chi connectivity index (χ0n) is 14.0. The van der Waals surface area contributed by atoms with Crippen LogP contribution in [0.1, 0.15) is 32.6 Å². The Bertz CT molecular complexity index is 581. The summed E-state index contributed by atoms with van der Waals surface area (Å²) in [5.41, 5.74) is 0.425. The molecule has 1 aromatic rings. The van der Waals surface area contributed by atoms with Crippen molar-refractivity contribution in [3.63, 3.8) is 0 Å². The Hall–Kier alpha value is -1.59. The van der Waals surface area contributed by atoms with E-state index in [1.807, 2.05) is 30.3 Å². The van der Waals surface area contributed by atoms with Crippen molar-refractivity contribution in [2.75, 3.05) is 18.4 Å². The van der Waals surface area contributed by atoms with E-state index in [1.165, 1.54) is 6.42 Å². The lowest BCUT2D eigenvalue weighted by molar-refractivity contribution is -0.136. The first-order valence-corrected chi connectivity index (χ1v) is 8.49. The van der Waals surface area contributed by atoms with Gasteiger partial charge in [-0.25, -0.2) is 0 Å². The van der Waals surface area contributed by atoms with Gasteiger partial charge in [0.15, 0.2) is 0 Å². The maximum absolute atomic E-state index is 12.8. The summed E-state index contributed by atoms with van der Waals surface area (Å²) in [4.78, 5) is 25.1. The van der Waals surface area contributed by atoms with Crippen LogP contribution < -0.4 is 16.0 Å². The number of benzene rings is 1. The maximum atomic E-state index is 12.8. The molecule has 132 valence electrons. The van der Waals surface area contributed by atoms with Gasteiger partial charge in [-0.3, -0.25) is 9.59 Å². The third kappa shape index (κ3) is 3.73. The summed E-state index contributed by atoms with van der Waals surface area (Å²) in [5.74, 6) is 0.253. The summed E-state index contributed by atoms with van der Waals surface area (Å²) in [6.45, 7) is 3.39. The first-order chi connectivity index (χ1) is 11.1. The van der Waals surface area contributed by atoms with Gasteiger partial charge in [-0.15, -0.1) is 12.4 Å². The molecule has 0 aromatic heterocycles. The van der Waals surface area contributed by atoms with E-state index in [4.69, 9.17) is 0 Å². The molecule has 0 bridgehead atoms. The van der Waals surface area contributed by atoms with Gasteiger partial charge < -0.3 is 16.0 Å². The van der Waals surface area contributed by atoms with E-state index in [-0.39, 0.29) is 29.6 Å². The molecule has 2 aliphatic rings. The van der Waals surface area contributed by atoms with Gasteiger partial charge in [-0.1, -0.05) is 31.0 Å². The van der Waals surface area contributed by atoms with Gasteiger partial charge in [0.2, 0.25) is 11.8 Å². The standard InChI is InChI=1S/C18H25N3O2.ClH/c1-13(16(22)21-15-8-3-2-4-9-15)20-17(23)18-10-6-5-7-14(18)11-19-12-18;/h2-4,8-9,13-14,19H,5-7,10-12H2,1H3,(H,20,23)(H,21,22);1H/t13?,14-,18+;/m0./s1. The van der Waals surface area contributed by atoms with Gasteiger partial charge in [0.05, 0.1) is 5.41 Å². The molecule has 5 nitrogen and oxygen atoms in total. The quantitative estimate of drug-likeness (QED) is 0.779. The van der Waals surface area contributed by atoms with Crippen molar-refractivity contribution in [2.24, 2.45) is 11.3 Å². The lowest BCUT2D eigenvalue weighted by Crippen LogP contribution is -2.52. The van der Waals surface area contributed by atoms with Crippen molar-refractivity contribution in [3.8, 4) is 0 Å². The lowest BCUT2D eigenvalue weighted by atomic mass is 9.67. The van der Waals surface area contributed by atoms with Gasteiger partial charge in [0.1, 0.15) is 6.04 Å². The third-order valence-corrected chi connectivity index (χ3v) is 5.27. The van der Waals surface area contributed by atoms with E-state index in [0.29, 0.717) is 5.92 Å². The van der Waals surface area contributed by atoms with Crippen LogP contribution in [0.5, 0.6) is 0 Å². The van der Waals surface area contributed by atoms with E-state index in [2.05, 4.69) is 16.0 Å². The second-order valence-corrected chi connectivity index (χ2v) is 6.78. The summed E-state index contributed by atoms with van der Waals surface area (Å²) in [6.07, 6.45) is 4.32. The summed E-state index contributed by atoms with van der Waals surface area (Å²) < 4.78 is 0. The fourth-order valence-electron chi connectivity index (χ4n) is 3.87. The molecule has 3 atom stereocenters. The number of fused-ring (bicyclic) bond motifs is 1. The predicted molar refractivity (Wildman–Crippen MR) is 97.2 cm³/mol. The Labute approximate surface area is 149 Å². The molecule has 3 N–H and O–H groups in total. The van der Waals surface area contributed by atoms with Crippen LogP contribution in [-0.4, -0.2) is 30.9 Å². The Morgan fingerprint density at radius 2 is 2.00 bits per heavy atom. The van der Waals surface area contributed by atoms with Crippen molar-refractivity contribution in [1.82, 2.24) is 10.6 Å². The van der Waals surface area contributed by atoms with Crippen molar-refractivity contribution in [2.45, 2.75) is 38.6 Å². The number of amides is 2. The highest BCUT2D eigenvalue weighted by Gasteiger charge is 2.50. The minimum absolute atomic E-state index is 0. The molecule has 2 fully saturated rings. The number of hydrogen-bond acceptors (Lipinski definition) is 3. The molecule has 1 heterocycles. The minimum atomic E-state index is -0.541. The summed E-state index contributed by atoms with van der Waals surface area (Å²) >= 11 is 0. The number of rotatable bonds is 4. The first kappa shape index (κ1) is 18.7. The number of hydrogen-bond donors (Lipinski definition) is 3. The van der Waals surface area contributed by atoms with E-state index < -0.39 is 6.04 Å². The average molecular weight is 352 g/mol. The van der Waals surface area contributed by atoms with Crippen molar-refractivity contribution in [3.05, 3.63) is 30.3 Å². The molecule has 1 saturated heterocycles. The zero-order valence-corrected chi connectivity index (χ0v) is 14.8. The second kappa shape index (κ2) is 7.99. The van der Waals surface area contributed by atoms with Gasteiger partial charge in [0, 0.05) is 12.2 Å².